The van der Waals surface area contributed by atoms with Crippen molar-refractivity contribution in [2.45, 2.75) is 20.0 Å². The van der Waals surface area contributed by atoms with E-state index in [9.17, 15) is 5.11 Å². The van der Waals surface area contributed by atoms with Gasteiger partial charge in [-0.2, -0.15) is 0 Å². The third kappa shape index (κ3) is 2.29. The van der Waals surface area contributed by atoms with E-state index < -0.39 is 6.10 Å². The van der Waals surface area contributed by atoms with E-state index in [1.165, 1.54) is 21.2 Å². The first-order valence-corrected chi connectivity index (χ1v) is 7.25. The van der Waals surface area contributed by atoms with Gasteiger partial charge in [0, 0.05) is 10.3 Å². The van der Waals surface area contributed by atoms with Crippen LogP contribution in [-0.2, 0) is 0 Å². The summed E-state index contributed by atoms with van der Waals surface area (Å²) in [6.07, 6.45) is -0.555. The average Bonchev–Trinajstić information content (AvgIpc) is 2.84. The van der Waals surface area contributed by atoms with Gasteiger partial charge >= 0.3 is 0 Å². The molecule has 0 amide bonds. The smallest absolute Gasteiger partial charge is 0.105 e. The van der Waals surface area contributed by atoms with Gasteiger partial charge < -0.3 is 5.11 Å². The van der Waals surface area contributed by atoms with Crippen LogP contribution >= 0.6 is 11.3 Å². The summed E-state index contributed by atoms with van der Waals surface area (Å²) in [5.41, 5.74) is 4.34. The number of rotatable bonds is 2. The largest absolute Gasteiger partial charge is 0.384 e. The lowest BCUT2D eigenvalue weighted by atomic mass is 9.97. The molecular formula is C17H16OS. The number of aryl methyl sites for hydroxylation is 2. The Labute approximate surface area is 117 Å². The first kappa shape index (κ1) is 12.4. The third-order valence-electron chi connectivity index (χ3n) is 3.36. The van der Waals surface area contributed by atoms with Gasteiger partial charge in [-0.1, -0.05) is 47.5 Å². The average molecular weight is 268 g/mol. The molecule has 3 rings (SSSR count). The number of benzene rings is 2. The minimum Gasteiger partial charge on any atom is -0.384 e. The van der Waals surface area contributed by atoms with Crippen LogP contribution in [0.15, 0.2) is 47.8 Å². The highest BCUT2D eigenvalue weighted by Gasteiger charge is 2.14. The molecule has 3 aromatic rings. The standard InChI is InChI=1S/C17H16OS/c1-11-8-12(2)10-14(9-11)16(18)15-5-3-4-13-6-7-19-17(13)15/h3-10,16,18H,1-2H3. The van der Waals surface area contributed by atoms with Crippen LogP contribution in [0.2, 0.25) is 0 Å². The van der Waals surface area contributed by atoms with Crippen LogP contribution in [-0.4, -0.2) is 5.11 Å². The van der Waals surface area contributed by atoms with Crippen molar-refractivity contribution in [1.29, 1.82) is 0 Å². The van der Waals surface area contributed by atoms with Gasteiger partial charge in [0.1, 0.15) is 6.10 Å². The maximum absolute atomic E-state index is 10.7. The summed E-state index contributed by atoms with van der Waals surface area (Å²) in [5, 5.41) is 13.9. The van der Waals surface area contributed by atoms with E-state index >= 15 is 0 Å². The molecular weight excluding hydrogens is 252 g/mol. The fourth-order valence-corrected chi connectivity index (χ4v) is 3.52. The van der Waals surface area contributed by atoms with Crippen LogP contribution in [0.25, 0.3) is 10.1 Å². The highest BCUT2D eigenvalue weighted by atomic mass is 32.1. The number of hydrogen-bond acceptors (Lipinski definition) is 2. The molecule has 1 unspecified atom stereocenters. The summed E-state index contributed by atoms with van der Waals surface area (Å²) < 4.78 is 1.18. The minimum absolute atomic E-state index is 0.555. The first-order chi connectivity index (χ1) is 9.15. The van der Waals surface area contributed by atoms with Gasteiger partial charge in [-0.15, -0.1) is 11.3 Å². The van der Waals surface area contributed by atoms with E-state index in [4.69, 9.17) is 0 Å². The van der Waals surface area contributed by atoms with E-state index in [-0.39, 0.29) is 0 Å². The number of aliphatic hydroxyl groups excluding tert-OH is 1. The Hall–Kier alpha value is -1.64. The maximum Gasteiger partial charge on any atom is 0.105 e. The lowest BCUT2D eigenvalue weighted by Gasteiger charge is -2.14. The van der Waals surface area contributed by atoms with Gasteiger partial charge in [0.25, 0.3) is 0 Å². The van der Waals surface area contributed by atoms with Crippen LogP contribution in [0.4, 0.5) is 0 Å². The molecule has 2 aromatic carbocycles. The Morgan fingerprint density at radius 2 is 1.74 bits per heavy atom. The molecule has 0 aliphatic heterocycles. The molecule has 19 heavy (non-hydrogen) atoms. The molecule has 0 fully saturated rings. The summed E-state index contributed by atoms with van der Waals surface area (Å²) in [5.74, 6) is 0. The van der Waals surface area contributed by atoms with Crippen LogP contribution in [0.3, 0.4) is 0 Å². The van der Waals surface area contributed by atoms with Crippen molar-refractivity contribution in [3.8, 4) is 0 Å². The lowest BCUT2D eigenvalue weighted by Crippen LogP contribution is -2.00. The maximum atomic E-state index is 10.7. The molecule has 2 heteroatoms. The van der Waals surface area contributed by atoms with E-state index in [1.54, 1.807) is 11.3 Å². The molecule has 0 bridgehead atoms. The van der Waals surface area contributed by atoms with Crippen molar-refractivity contribution in [3.05, 3.63) is 70.1 Å². The number of hydrogen-bond donors (Lipinski definition) is 1. The second kappa shape index (κ2) is 4.80. The zero-order valence-electron chi connectivity index (χ0n) is 11.1. The van der Waals surface area contributed by atoms with Crippen molar-refractivity contribution >= 4 is 21.4 Å². The van der Waals surface area contributed by atoms with Gasteiger partial charge in [0.2, 0.25) is 0 Å². The second-order valence-corrected chi connectivity index (χ2v) is 5.93. The molecule has 1 aromatic heterocycles. The molecule has 0 aliphatic rings. The Balaban J connectivity index is 2.13. The third-order valence-corrected chi connectivity index (χ3v) is 4.34. The summed E-state index contributed by atoms with van der Waals surface area (Å²) in [7, 11) is 0. The Morgan fingerprint density at radius 3 is 2.47 bits per heavy atom. The molecule has 1 atom stereocenters. The predicted molar refractivity (Wildman–Crippen MR) is 81.8 cm³/mol. The zero-order valence-corrected chi connectivity index (χ0v) is 11.9. The van der Waals surface area contributed by atoms with Gasteiger partial charge in [-0.3, -0.25) is 0 Å². The highest BCUT2D eigenvalue weighted by molar-refractivity contribution is 7.17. The monoisotopic (exact) mass is 268 g/mol. The van der Waals surface area contributed by atoms with Gasteiger partial charge in [-0.05, 0) is 36.2 Å². The van der Waals surface area contributed by atoms with Gasteiger partial charge in [0.15, 0.2) is 0 Å². The molecule has 0 aliphatic carbocycles. The normalized spacial score (nSPS) is 12.8. The molecule has 0 spiro atoms. The zero-order chi connectivity index (χ0) is 13.4. The predicted octanol–water partition coefficient (Wildman–Crippen LogP) is 4.60. The summed E-state index contributed by atoms with van der Waals surface area (Å²) in [6, 6.07) is 14.5. The van der Waals surface area contributed by atoms with Crippen LogP contribution in [0.5, 0.6) is 0 Å². The first-order valence-electron chi connectivity index (χ1n) is 6.37. The number of fused-ring (bicyclic) bond motifs is 1. The summed E-state index contributed by atoms with van der Waals surface area (Å²) >= 11 is 1.69. The molecule has 1 nitrogen and oxygen atoms in total. The van der Waals surface area contributed by atoms with Crippen molar-refractivity contribution in [1.82, 2.24) is 0 Å². The highest BCUT2D eigenvalue weighted by Crippen LogP contribution is 2.32. The minimum atomic E-state index is -0.555. The molecule has 0 radical (unpaired) electrons. The van der Waals surface area contributed by atoms with E-state index in [2.05, 4.69) is 49.6 Å². The van der Waals surface area contributed by atoms with Crippen molar-refractivity contribution < 1.29 is 5.11 Å². The quantitative estimate of drug-likeness (QED) is 0.720. The van der Waals surface area contributed by atoms with E-state index in [1.807, 2.05) is 12.1 Å². The number of aliphatic hydroxyl groups is 1. The van der Waals surface area contributed by atoms with E-state index in [0.29, 0.717) is 0 Å². The molecule has 0 saturated carbocycles. The lowest BCUT2D eigenvalue weighted by molar-refractivity contribution is 0.222. The van der Waals surface area contributed by atoms with Crippen LogP contribution in [0.1, 0.15) is 28.4 Å². The fourth-order valence-electron chi connectivity index (χ4n) is 2.58. The molecule has 0 saturated heterocycles. The van der Waals surface area contributed by atoms with Crippen LogP contribution in [0, 0.1) is 13.8 Å². The van der Waals surface area contributed by atoms with Crippen molar-refractivity contribution in [3.63, 3.8) is 0 Å². The molecule has 1 heterocycles. The second-order valence-electron chi connectivity index (χ2n) is 5.01. The topological polar surface area (TPSA) is 20.2 Å². The van der Waals surface area contributed by atoms with Gasteiger partial charge in [0.05, 0.1) is 0 Å². The molecule has 1 N–H and O–H groups in total. The van der Waals surface area contributed by atoms with Crippen molar-refractivity contribution in [2.24, 2.45) is 0 Å². The Kier molecular flexibility index (Phi) is 3.13. The summed E-state index contributed by atoms with van der Waals surface area (Å²) in [4.78, 5) is 0. The Morgan fingerprint density at radius 1 is 1.00 bits per heavy atom. The van der Waals surface area contributed by atoms with Gasteiger partial charge in [-0.25, -0.2) is 0 Å². The number of thiophene rings is 1. The SMILES string of the molecule is Cc1cc(C)cc(C(O)c2cccc3ccsc23)c1. The van der Waals surface area contributed by atoms with Crippen LogP contribution < -0.4 is 0 Å². The fraction of sp³-hybridized carbons (Fsp3) is 0.176. The van der Waals surface area contributed by atoms with E-state index in [0.717, 1.165) is 11.1 Å². The van der Waals surface area contributed by atoms with Crippen molar-refractivity contribution in [2.75, 3.05) is 0 Å². The Bertz CT molecular complexity index is 707. The molecule has 96 valence electrons. The summed E-state index contributed by atoms with van der Waals surface area (Å²) in [6.45, 7) is 4.13.